The first-order chi connectivity index (χ1) is 11.6. The first-order valence-corrected chi connectivity index (χ1v) is 8.30. The Morgan fingerprint density at radius 1 is 1.33 bits per heavy atom. The van der Waals surface area contributed by atoms with Gasteiger partial charge in [-0.2, -0.15) is 0 Å². The monoisotopic (exact) mass is 331 g/mol. The summed E-state index contributed by atoms with van der Waals surface area (Å²) in [5.41, 5.74) is 1.98. The third-order valence-corrected chi connectivity index (χ3v) is 5.69. The number of ketones is 1. The molecule has 2 heterocycles. The Morgan fingerprint density at radius 3 is 2.92 bits per heavy atom. The zero-order valence-electron chi connectivity index (χ0n) is 14.0. The number of ether oxygens (including phenoxy) is 3. The molecule has 0 bridgehead atoms. The maximum absolute atomic E-state index is 12.1. The van der Waals surface area contributed by atoms with E-state index in [1.54, 1.807) is 12.0 Å². The lowest BCUT2D eigenvalue weighted by Crippen LogP contribution is -2.45. The van der Waals surface area contributed by atoms with E-state index >= 15 is 0 Å². The Labute approximate surface area is 140 Å². The van der Waals surface area contributed by atoms with Crippen LogP contribution in [0.4, 0.5) is 4.79 Å². The van der Waals surface area contributed by atoms with Crippen molar-refractivity contribution >= 4 is 11.9 Å². The fraction of sp³-hybridized carbons (Fsp3) is 0.556. The largest absolute Gasteiger partial charge is 0.493 e. The minimum Gasteiger partial charge on any atom is -0.493 e. The number of Topliss-reactive ketones (excluding diaryl/α,β-unsaturated/α-hetero) is 1. The van der Waals surface area contributed by atoms with Crippen molar-refractivity contribution in [2.24, 2.45) is 0 Å². The highest BCUT2D eigenvalue weighted by Crippen LogP contribution is 2.57. The van der Waals surface area contributed by atoms with Gasteiger partial charge in [-0.25, -0.2) is 4.79 Å². The summed E-state index contributed by atoms with van der Waals surface area (Å²) in [6, 6.07) is 3.88. The van der Waals surface area contributed by atoms with Crippen molar-refractivity contribution in [1.82, 2.24) is 4.90 Å². The van der Waals surface area contributed by atoms with Crippen molar-refractivity contribution in [2.45, 2.75) is 43.7 Å². The highest BCUT2D eigenvalue weighted by Gasteiger charge is 2.55. The average Bonchev–Trinajstić information content (AvgIpc) is 2.82. The summed E-state index contributed by atoms with van der Waals surface area (Å²) in [5.74, 6) is 1.69. The Bertz CT molecular complexity index is 716. The van der Waals surface area contributed by atoms with Gasteiger partial charge in [0, 0.05) is 36.9 Å². The van der Waals surface area contributed by atoms with Crippen molar-refractivity contribution in [3.63, 3.8) is 0 Å². The molecule has 24 heavy (non-hydrogen) atoms. The summed E-state index contributed by atoms with van der Waals surface area (Å²) in [7, 11) is 3.03. The molecule has 1 fully saturated rings. The van der Waals surface area contributed by atoms with Gasteiger partial charge >= 0.3 is 6.09 Å². The summed E-state index contributed by atoms with van der Waals surface area (Å²) in [4.78, 5) is 25.8. The molecule has 1 aromatic carbocycles. The van der Waals surface area contributed by atoms with Gasteiger partial charge in [0.25, 0.3) is 0 Å². The van der Waals surface area contributed by atoms with Crippen LogP contribution in [0.2, 0.25) is 0 Å². The summed E-state index contributed by atoms with van der Waals surface area (Å²) in [5, 5.41) is 0. The van der Waals surface area contributed by atoms with Gasteiger partial charge in [0.2, 0.25) is 0 Å². The SMILES string of the molecule is COC(=O)N1CC[C@@]23CCC(=O)C[C@@H]2Oc2c(OC)ccc(c23)C1. The maximum atomic E-state index is 12.1. The molecule has 1 spiro atoms. The molecule has 1 aromatic rings. The second-order valence-corrected chi connectivity index (χ2v) is 6.78. The fourth-order valence-electron chi connectivity index (χ4n) is 4.49. The Morgan fingerprint density at radius 2 is 2.17 bits per heavy atom. The number of carbonyl (C=O) groups is 2. The Hall–Kier alpha value is -2.24. The molecule has 3 aliphatic rings. The Kier molecular flexibility index (Phi) is 3.44. The molecule has 1 aliphatic carbocycles. The smallest absolute Gasteiger partial charge is 0.409 e. The molecular formula is C18H21NO5. The van der Waals surface area contributed by atoms with E-state index in [4.69, 9.17) is 14.2 Å². The van der Waals surface area contributed by atoms with Gasteiger partial charge in [-0.3, -0.25) is 4.79 Å². The van der Waals surface area contributed by atoms with E-state index in [1.165, 1.54) is 7.11 Å². The highest BCUT2D eigenvalue weighted by atomic mass is 16.5. The van der Waals surface area contributed by atoms with Crippen LogP contribution >= 0.6 is 0 Å². The van der Waals surface area contributed by atoms with Crippen molar-refractivity contribution < 1.29 is 23.8 Å². The van der Waals surface area contributed by atoms with Gasteiger partial charge in [-0.05, 0) is 24.5 Å². The lowest BCUT2D eigenvalue weighted by atomic mass is 9.65. The van der Waals surface area contributed by atoms with Crippen molar-refractivity contribution in [1.29, 1.82) is 0 Å². The fourth-order valence-corrected chi connectivity index (χ4v) is 4.49. The molecule has 1 amide bonds. The van der Waals surface area contributed by atoms with Gasteiger partial charge in [-0.15, -0.1) is 0 Å². The van der Waals surface area contributed by atoms with Gasteiger partial charge in [0.05, 0.1) is 14.2 Å². The van der Waals surface area contributed by atoms with Crippen LogP contribution in [0.5, 0.6) is 11.5 Å². The lowest BCUT2D eigenvalue weighted by molar-refractivity contribution is -0.124. The van der Waals surface area contributed by atoms with Crippen LogP contribution in [-0.2, 0) is 21.5 Å². The molecule has 0 saturated heterocycles. The van der Waals surface area contributed by atoms with Crippen LogP contribution in [0.1, 0.15) is 36.8 Å². The number of nitrogens with zero attached hydrogens (tertiary/aromatic N) is 1. The third-order valence-electron chi connectivity index (χ3n) is 5.69. The number of amides is 1. The van der Waals surface area contributed by atoms with E-state index in [1.807, 2.05) is 12.1 Å². The summed E-state index contributed by atoms with van der Waals surface area (Å²) >= 11 is 0. The van der Waals surface area contributed by atoms with Crippen LogP contribution in [0.3, 0.4) is 0 Å². The van der Waals surface area contributed by atoms with Crippen molar-refractivity contribution in [2.75, 3.05) is 20.8 Å². The molecule has 0 unspecified atom stereocenters. The van der Waals surface area contributed by atoms with Gasteiger partial charge in [-0.1, -0.05) is 6.07 Å². The molecule has 2 aliphatic heterocycles. The normalized spacial score (nSPS) is 27.7. The number of methoxy groups -OCH3 is 2. The molecule has 1 saturated carbocycles. The van der Waals surface area contributed by atoms with Crippen LogP contribution in [-0.4, -0.2) is 43.6 Å². The zero-order chi connectivity index (χ0) is 16.9. The molecule has 2 atom stereocenters. The second kappa shape index (κ2) is 5.40. The first-order valence-electron chi connectivity index (χ1n) is 8.30. The van der Waals surface area contributed by atoms with E-state index in [-0.39, 0.29) is 23.4 Å². The number of hydrogen-bond donors (Lipinski definition) is 0. The topological polar surface area (TPSA) is 65.1 Å². The summed E-state index contributed by atoms with van der Waals surface area (Å²) in [6.45, 7) is 1.09. The van der Waals surface area contributed by atoms with Gasteiger partial charge in [0.15, 0.2) is 11.5 Å². The molecular weight excluding hydrogens is 310 g/mol. The molecule has 0 N–H and O–H groups in total. The maximum Gasteiger partial charge on any atom is 0.409 e. The van der Waals surface area contributed by atoms with Crippen LogP contribution in [0.15, 0.2) is 12.1 Å². The van der Waals surface area contributed by atoms with Crippen molar-refractivity contribution in [3.8, 4) is 11.5 Å². The minimum atomic E-state index is -0.319. The quantitative estimate of drug-likeness (QED) is 0.791. The highest BCUT2D eigenvalue weighted by molar-refractivity contribution is 5.81. The van der Waals surface area contributed by atoms with Crippen LogP contribution in [0, 0.1) is 0 Å². The van der Waals surface area contributed by atoms with E-state index in [0.29, 0.717) is 31.7 Å². The second-order valence-electron chi connectivity index (χ2n) is 6.78. The summed E-state index contributed by atoms with van der Waals surface area (Å²) in [6.07, 6.45) is 2.04. The minimum absolute atomic E-state index is 0.165. The predicted molar refractivity (Wildman–Crippen MR) is 85.4 cm³/mol. The van der Waals surface area contributed by atoms with Crippen LogP contribution in [0.25, 0.3) is 0 Å². The zero-order valence-corrected chi connectivity index (χ0v) is 14.0. The Balaban J connectivity index is 1.85. The first kappa shape index (κ1) is 15.3. The van der Waals surface area contributed by atoms with E-state index < -0.39 is 0 Å². The molecule has 6 nitrogen and oxygen atoms in total. The number of carbonyl (C=O) groups excluding carboxylic acids is 2. The van der Waals surface area contributed by atoms with E-state index in [0.717, 1.165) is 29.7 Å². The molecule has 4 rings (SSSR count). The number of hydrogen-bond acceptors (Lipinski definition) is 5. The van der Waals surface area contributed by atoms with E-state index in [2.05, 4.69) is 0 Å². The van der Waals surface area contributed by atoms with Crippen molar-refractivity contribution in [3.05, 3.63) is 23.3 Å². The molecule has 0 radical (unpaired) electrons. The number of rotatable bonds is 1. The standard InChI is InChI=1S/C18H21NO5/c1-22-13-4-3-11-10-19(17(21)23-2)8-7-18-6-5-12(20)9-14(18)24-16(13)15(11)18/h3-4,14H,5-10H2,1-2H3/t14-,18-/m0/s1. The average molecular weight is 331 g/mol. The molecule has 0 aromatic heterocycles. The molecule has 6 heteroatoms. The number of benzene rings is 1. The molecule has 128 valence electrons. The summed E-state index contributed by atoms with van der Waals surface area (Å²) < 4.78 is 16.6. The third kappa shape index (κ3) is 2.01. The predicted octanol–water partition coefficient (Wildman–Crippen LogP) is 2.42. The lowest BCUT2D eigenvalue weighted by Gasteiger charge is -2.37. The van der Waals surface area contributed by atoms with Gasteiger partial charge in [0.1, 0.15) is 11.9 Å². The van der Waals surface area contributed by atoms with Crippen LogP contribution < -0.4 is 9.47 Å². The van der Waals surface area contributed by atoms with Gasteiger partial charge < -0.3 is 19.1 Å². The van der Waals surface area contributed by atoms with E-state index in [9.17, 15) is 9.59 Å².